The van der Waals surface area contributed by atoms with Crippen LogP contribution in [0.25, 0.3) is 0 Å². The van der Waals surface area contributed by atoms with Crippen molar-refractivity contribution in [2.75, 3.05) is 24.5 Å². The van der Waals surface area contributed by atoms with Gasteiger partial charge in [0, 0.05) is 37.3 Å². The summed E-state index contributed by atoms with van der Waals surface area (Å²) in [5, 5.41) is 0.516. The van der Waals surface area contributed by atoms with Gasteiger partial charge < -0.3 is 14.5 Å². The van der Waals surface area contributed by atoms with Crippen molar-refractivity contribution in [1.29, 1.82) is 0 Å². The number of carbonyl (C=O) groups excluding carboxylic acids is 2. The van der Waals surface area contributed by atoms with Crippen molar-refractivity contribution in [3.05, 3.63) is 47.1 Å². The summed E-state index contributed by atoms with van der Waals surface area (Å²) in [6.07, 6.45) is 4.72. The number of ether oxygens (including phenoxy) is 1. The van der Waals surface area contributed by atoms with E-state index in [9.17, 15) is 9.59 Å². The smallest absolute Gasteiger partial charge is 0.263 e. The third-order valence-electron chi connectivity index (χ3n) is 4.90. The second-order valence-electron chi connectivity index (χ2n) is 6.72. The second-order valence-corrected chi connectivity index (χ2v) is 7.15. The fourth-order valence-electron chi connectivity index (χ4n) is 3.52. The van der Waals surface area contributed by atoms with Crippen molar-refractivity contribution in [2.24, 2.45) is 0 Å². The molecule has 2 aromatic rings. The molecule has 0 N–H and O–H groups in total. The lowest BCUT2D eigenvalue weighted by Gasteiger charge is -2.23. The van der Waals surface area contributed by atoms with E-state index in [1.54, 1.807) is 41.4 Å². The number of nitrogens with zero attached hydrogens (tertiary/aromatic N) is 3. The van der Waals surface area contributed by atoms with Crippen LogP contribution in [0.1, 0.15) is 36.0 Å². The summed E-state index contributed by atoms with van der Waals surface area (Å²) in [6.45, 7) is 2.09. The second kappa shape index (κ2) is 7.56. The lowest BCUT2D eigenvalue weighted by atomic mass is 10.2. The fourth-order valence-corrected chi connectivity index (χ4v) is 3.68. The highest BCUT2D eigenvalue weighted by molar-refractivity contribution is 6.31. The fraction of sp³-hybridized carbons (Fsp3) is 0.350. The summed E-state index contributed by atoms with van der Waals surface area (Å²) >= 11 is 6.15. The van der Waals surface area contributed by atoms with E-state index in [1.807, 2.05) is 4.90 Å². The van der Waals surface area contributed by atoms with Crippen molar-refractivity contribution in [1.82, 2.24) is 9.88 Å². The third kappa shape index (κ3) is 3.62. The van der Waals surface area contributed by atoms with Gasteiger partial charge in [-0.05, 0) is 49.6 Å². The van der Waals surface area contributed by atoms with Crippen LogP contribution in [0.4, 0.5) is 5.69 Å². The van der Waals surface area contributed by atoms with E-state index in [1.165, 1.54) is 0 Å². The molecule has 0 atom stereocenters. The molecule has 0 aliphatic carbocycles. The molecule has 2 aliphatic rings. The van der Waals surface area contributed by atoms with E-state index >= 15 is 0 Å². The number of hydrogen-bond donors (Lipinski definition) is 0. The zero-order valence-corrected chi connectivity index (χ0v) is 15.6. The van der Waals surface area contributed by atoms with E-state index in [-0.39, 0.29) is 17.7 Å². The van der Waals surface area contributed by atoms with Gasteiger partial charge in [-0.25, -0.2) is 4.98 Å². The van der Waals surface area contributed by atoms with Crippen molar-refractivity contribution in [3.63, 3.8) is 0 Å². The minimum absolute atomic E-state index is 0.152. The average Bonchev–Trinajstić information content (AvgIpc) is 3.18. The number of anilines is 1. The van der Waals surface area contributed by atoms with Crippen LogP contribution < -0.4 is 9.64 Å². The number of carbonyl (C=O) groups is 2. The first-order chi connectivity index (χ1) is 13.1. The van der Waals surface area contributed by atoms with E-state index in [0.29, 0.717) is 41.4 Å². The largest absolute Gasteiger partial charge is 0.436 e. The van der Waals surface area contributed by atoms with Gasteiger partial charge in [0.25, 0.3) is 5.91 Å². The van der Waals surface area contributed by atoms with Crippen molar-refractivity contribution >= 4 is 29.1 Å². The summed E-state index contributed by atoms with van der Waals surface area (Å²) in [7, 11) is 0. The Kier molecular flexibility index (Phi) is 4.99. The SMILES string of the molecule is O=C(CCCN1C(=O)c2cccnc2Oc2ccc(Cl)cc21)N1CCCC1. The molecule has 6 nitrogen and oxygen atoms in total. The highest BCUT2D eigenvalue weighted by atomic mass is 35.5. The van der Waals surface area contributed by atoms with Gasteiger partial charge >= 0.3 is 0 Å². The van der Waals surface area contributed by atoms with Gasteiger partial charge in [-0.15, -0.1) is 0 Å². The first kappa shape index (κ1) is 17.8. The molecule has 0 unspecified atom stereocenters. The number of hydrogen-bond acceptors (Lipinski definition) is 4. The number of aromatic nitrogens is 1. The standard InChI is InChI=1S/C20H20ClN3O3/c21-14-7-8-17-16(13-14)24(12-4-6-18(25)23-10-1-2-11-23)20(26)15-5-3-9-22-19(15)27-17/h3,5,7-9,13H,1-2,4,6,10-12H2. The van der Waals surface area contributed by atoms with E-state index < -0.39 is 0 Å². The normalized spacial score (nSPS) is 15.8. The molecule has 140 valence electrons. The van der Waals surface area contributed by atoms with Crippen molar-refractivity contribution in [3.8, 4) is 11.6 Å². The number of pyridine rings is 1. The van der Waals surface area contributed by atoms with Crippen LogP contribution >= 0.6 is 11.6 Å². The zero-order valence-electron chi connectivity index (χ0n) is 14.9. The van der Waals surface area contributed by atoms with Crippen molar-refractivity contribution < 1.29 is 14.3 Å². The highest BCUT2D eigenvalue weighted by Crippen LogP contribution is 2.39. The highest BCUT2D eigenvalue weighted by Gasteiger charge is 2.29. The third-order valence-corrected chi connectivity index (χ3v) is 5.13. The number of halogens is 1. The minimum atomic E-state index is -0.201. The molecule has 3 heterocycles. The molecule has 2 amide bonds. The van der Waals surface area contributed by atoms with E-state index in [0.717, 1.165) is 25.9 Å². The molecule has 4 rings (SSSR count). The molecular weight excluding hydrogens is 366 g/mol. The van der Waals surface area contributed by atoms with Gasteiger partial charge in [0.15, 0.2) is 5.75 Å². The first-order valence-corrected chi connectivity index (χ1v) is 9.53. The van der Waals surface area contributed by atoms with Gasteiger partial charge in [-0.3, -0.25) is 9.59 Å². The molecule has 1 aromatic carbocycles. The Labute approximate surface area is 162 Å². The van der Waals surface area contributed by atoms with Gasteiger partial charge in [-0.2, -0.15) is 0 Å². The number of benzene rings is 1. The molecule has 1 aromatic heterocycles. The number of likely N-dealkylation sites (tertiary alicyclic amines) is 1. The Hall–Kier alpha value is -2.60. The summed E-state index contributed by atoms with van der Waals surface area (Å²) in [5.74, 6) is 0.755. The molecule has 0 spiro atoms. The van der Waals surface area contributed by atoms with Gasteiger partial charge in [0.2, 0.25) is 11.8 Å². The maximum atomic E-state index is 13.1. The Balaban J connectivity index is 1.57. The van der Waals surface area contributed by atoms with Crippen LogP contribution in [0.15, 0.2) is 36.5 Å². The maximum Gasteiger partial charge on any atom is 0.263 e. The van der Waals surface area contributed by atoms with Gasteiger partial charge in [0.05, 0.1) is 5.69 Å². The topological polar surface area (TPSA) is 62.7 Å². The lowest BCUT2D eigenvalue weighted by molar-refractivity contribution is -0.130. The van der Waals surface area contributed by atoms with E-state index in [4.69, 9.17) is 16.3 Å². The molecule has 0 saturated carbocycles. The van der Waals surface area contributed by atoms with Crippen LogP contribution in [-0.4, -0.2) is 41.3 Å². The summed E-state index contributed by atoms with van der Waals surface area (Å²) in [6, 6.07) is 8.56. The monoisotopic (exact) mass is 385 g/mol. The molecular formula is C20H20ClN3O3. The van der Waals surface area contributed by atoms with Crippen LogP contribution in [0.2, 0.25) is 5.02 Å². The molecule has 2 aliphatic heterocycles. The molecule has 7 heteroatoms. The van der Waals surface area contributed by atoms with Crippen LogP contribution in [0, 0.1) is 0 Å². The Morgan fingerprint density at radius 3 is 2.85 bits per heavy atom. The molecule has 27 heavy (non-hydrogen) atoms. The van der Waals surface area contributed by atoms with Crippen LogP contribution in [-0.2, 0) is 4.79 Å². The molecule has 0 bridgehead atoms. The van der Waals surface area contributed by atoms with Crippen LogP contribution in [0.5, 0.6) is 11.6 Å². The minimum Gasteiger partial charge on any atom is -0.436 e. The van der Waals surface area contributed by atoms with E-state index in [2.05, 4.69) is 4.98 Å². The van der Waals surface area contributed by atoms with Crippen molar-refractivity contribution in [2.45, 2.75) is 25.7 Å². The zero-order chi connectivity index (χ0) is 18.8. The number of fused-ring (bicyclic) bond motifs is 2. The van der Waals surface area contributed by atoms with Gasteiger partial charge in [-0.1, -0.05) is 11.6 Å². The van der Waals surface area contributed by atoms with Gasteiger partial charge in [0.1, 0.15) is 5.56 Å². The Morgan fingerprint density at radius 1 is 1.22 bits per heavy atom. The molecule has 1 fully saturated rings. The predicted octanol–water partition coefficient (Wildman–Crippen LogP) is 3.89. The quantitative estimate of drug-likeness (QED) is 0.801. The summed E-state index contributed by atoms with van der Waals surface area (Å²) in [4.78, 5) is 33.1. The Morgan fingerprint density at radius 2 is 2.04 bits per heavy atom. The molecule has 0 radical (unpaired) electrons. The maximum absolute atomic E-state index is 13.1. The summed E-state index contributed by atoms with van der Waals surface area (Å²) in [5.41, 5.74) is 0.995. The lowest BCUT2D eigenvalue weighted by Crippen LogP contribution is -2.33. The van der Waals surface area contributed by atoms with Crippen LogP contribution in [0.3, 0.4) is 0 Å². The average molecular weight is 386 g/mol. The first-order valence-electron chi connectivity index (χ1n) is 9.15. The number of rotatable bonds is 4. The number of amides is 2. The summed E-state index contributed by atoms with van der Waals surface area (Å²) < 4.78 is 5.86. The molecule has 1 saturated heterocycles. The Bertz CT molecular complexity index is 881. The predicted molar refractivity (Wildman–Crippen MR) is 102 cm³/mol.